The van der Waals surface area contributed by atoms with Crippen LogP contribution in [0.3, 0.4) is 0 Å². The molecule has 0 spiro atoms. The summed E-state index contributed by atoms with van der Waals surface area (Å²) >= 11 is 5.94. The molecule has 0 unspecified atom stereocenters. The highest BCUT2D eigenvalue weighted by Crippen LogP contribution is 2.35. The molecular formula is C12H10ClFN4O. The average molecular weight is 281 g/mol. The van der Waals surface area contributed by atoms with Crippen molar-refractivity contribution >= 4 is 34.0 Å². The zero-order valence-electron chi connectivity index (χ0n) is 9.91. The summed E-state index contributed by atoms with van der Waals surface area (Å²) in [4.78, 5) is 17.5. The van der Waals surface area contributed by atoms with Gasteiger partial charge in [0.15, 0.2) is 5.82 Å². The van der Waals surface area contributed by atoms with Crippen molar-refractivity contribution in [3.8, 4) is 0 Å². The SMILES string of the molecule is O=c1c2nc3c(N4CCNCC4)c(F)c(Cl)cc3n12. The predicted octanol–water partition coefficient (Wildman–Crippen LogP) is 0.925. The highest BCUT2D eigenvalue weighted by molar-refractivity contribution is 6.32. The summed E-state index contributed by atoms with van der Waals surface area (Å²) in [6.07, 6.45) is 0. The van der Waals surface area contributed by atoms with Gasteiger partial charge in [-0.15, -0.1) is 0 Å². The molecule has 4 rings (SSSR count). The average Bonchev–Trinajstić information content (AvgIpc) is 2.88. The molecular weight excluding hydrogens is 271 g/mol. The Morgan fingerprint density at radius 1 is 1.37 bits per heavy atom. The molecule has 0 amide bonds. The zero-order chi connectivity index (χ0) is 13.1. The van der Waals surface area contributed by atoms with Crippen molar-refractivity contribution in [2.45, 2.75) is 0 Å². The number of fused-ring (bicyclic) bond motifs is 3. The van der Waals surface area contributed by atoms with Crippen LogP contribution in [0.25, 0.3) is 16.7 Å². The number of aromatic nitrogens is 2. The number of nitrogens with one attached hydrogen (secondary N) is 1. The van der Waals surface area contributed by atoms with Crippen LogP contribution in [-0.2, 0) is 0 Å². The maximum atomic E-state index is 14.3. The molecule has 3 heterocycles. The molecule has 1 fully saturated rings. The number of rotatable bonds is 1. The van der Waals surface area contributed by atoms with E-state index >= 15 is 0 Å². The van der Waals surface area contributed by atoms with Gasteiger partial charge in [-0.2, -0.15) is 0 Å². The van der Waals surface area contributed by atoms with Gasteiger partial charge in [-0.1, -0.05) is 11.6 Å². The highest BCUT2D eigenvalue weighted by atomic mass is 35.5. The molecule has 1 saturated heterocycles. The van der Waals surface area contributed by atoms with E-state index in [1.165, 1.54) is 10.5 Å². The van der Waals surface area contributed by atoms with Gasteiger partial charge in [-0.05, 0) is 6.07 Å². The fourth-order valence-electron chi connectivity index (χ4n) is 2.62. The molecule has 0 atom stereocenters. The Morgan fingerprint density at radius 2 is 2.11 bits per heavy atom. The number of nitrogens with zero attached hydrogens (tertiary/aromatic N) is 3. The monoisotopic (exact) mass is 280 g/mol. The van der Waals surface area contributed by atoms with E-state index in [1.807, 2.05) is 4.90 Å². The molecule has 0 aliphatic carbocycles. The van der Waals surface area contributed by atoms with Gasteiger partial charge in [0.05, 0.1) is 10.5 Å². The molecule has 0 bridgehead atoms. The first-order valence-electron chi connectivity index (χ1n) is 6.09. The molecule has 98 valence electrons. The van der Waals surface area contributed by atoms with Crippen LogP contribution < -0.4 is 15.8 Å². The summed E-state index contributed by atoms with van der Waals surface area (Å²) in [6.45, 7) is 2.98. The van der Waals surface area contributed by atoms with Crippen LogP contribution in [0, 0.1) is 5.82 Å². The number of hydrogen-bond donors (Lipinski definition) is 1. The standard InChI is InChI=1S/C12H10ClFN4O/c13-6-5-7-9(16-11-12(19)18(7)11)10(8(6)14)17-3-1-15-2-4-17/h5,15H,1-4H2. The van der Waals surface area contributed by atoms with Crippen LogP contribution in [0.15, 0.2) is 10.9 Å². The van der Waals surface area contributed by atoms with Gasteiger partial charge in [0, 0.05) is 26.2 Å². The Bertz CT molecular complexity index is 811. The van der Waals surface area contributed by atoms with Crippen molar-refractivity contribution in [3.63, 3.8) is 0 Å². The highest BCUT2D eigenvalue weighted by Gasteiger charge is 2.27. The largest absolute Gasteiger partial charge is 0.365 e. The molecule has 2 aromatic heterocycles. The molecule has 1 aliphatic rings. The van der Waals surface area contributed by atoms with E-state index in [2.05, 4.69) is 10.3 Å². The molecule has 1 aromatic carbocycles. The number of imidazole rings is 1. The predicted molar refractivity (Wildman–Crippen MR) is 71.4 cm³/mol. The van der Waals surface area contributed by atoms with E-state index in [0.717, 1.165) is 13.1 Å². The Morgan fingerprint density at radius 3 is 2.84 bits per heavy atom. The topological polar surface area (TPSA) is 49.6 Å². The van der Waals surface area contributed by atoms with Gasteiger partial charge >= 0.3 is 5.56 Å². The summed E-state index contributed by atoms with van der Waals surface area (Å²) < 4.78 is 15.8. The first-order chi connectivity index (χ1) is 9.18. The van der Waals surface area contributed by atoms with E-state index in [0.29, 0.717) is 35.5 Å². The second-order valence-electron chi connectivity index (χ2n) is 4.70. The van der Waals surface area contributed by atoms with Crippen LogP contribution >= 0.6 is 11.6 Å². The molecule has 5 nitrogen and oxygen atoms in total. The summed E-state index contributed by atoms with van der Waals surface area (Å²) in [7, 11) is 0. The minimum absolute atomic E-state index is 0.0310. The van der Waals surface area contributed by atoms with Crippen molar-refractivity contribution < 1.29 is 4.39 Å². The summed E-state index contributed by atoms with van der Waals surface area (Å²) in [5.74, 6) is -0.457. The Kier molecular flexibility index (Phi) is 2.17. The van der Waals surface area contributed by atoms with E-state index in [1.54, 1.807) is 0 Å². The normalized spacial score (nSPS) is 17.1. The third-order valence-electron chi connectivity index (χ3n) is 3.60. The molecule has 7 heteroatoms. The lowest BCUT2D eigenvalue weighted by molar-refractivity contribution is 0.568. The van der Waals surface area contributed by atoms with Crippen molar-refractivity contribution in [3.05, 3.63) is 27.3 Å². The first-order valence-corrected chi connectivity index (χ1v) is 6.47. The van der Waals surface area contributed by atoms with Gasteiger partial charge < -0.3 is 10.2 Å². The molecule has 1 N–H and O–H groups in total. The van der Waals surface area contributed by atoms with E-state index in [9.17, 15) is 9.18 Å². The minimum Gasteiger partial charge on any atom is -0.365 e. The van der Waals surface area contributed by atoms with E-state index in [4.69, 9.17) is 11.6 Å². The second kappa shape index (κ2) is 3.68. The fraction of sp³-hybridized carbons (Fsp3) is 0.333. The molecule has 0 saturated carbocycles. The van der Waals surface area contributed by atoms with E-state index in [-0.39, 0.29) is 10.6 Å². The quantitative estimate of drug-likeness (QED) is 0.720. The Hall–Kier alpha value is -1.66. The molecule has 19 heavy (non-hydrogen) atoms. The summed E-state index contributed by atoms with van der Waals surface area (Å²) in [5.41, 5.74) is 1.80. The Balaban J connectivity index is 1.99. The lowest BCUT2D eigenvalue weighted by Gasteiger charge is -2.30. The van der Waals surface area contributed by atoms with E-state index < -0.39 is 5.82 Å². The minimum atomic E-state index is -0.457. The number of halogens is 2. The first kappa shape index (κ1) is 11.2. The maximum absolute atomic E-state index is 14.3. The lowest BCUT2D eigenvalue weighted by Crippen LogP contribution is -2.44. The third kappa shape index (κ3) is 1.44. The van der Waals surface area contributed by atoms with Gasteiger partial charge in [-0.3, -0.25) is 9.20 Å². The number of hydrogen-bond acceptors (Lipinski definition) is 4. The Labute approximate surface area is 112 Å². The van der Waals surface area contributed by atoms with Crippen molar-refractivity contribution in [1.82, 2.24) is 14.7 Å². The maximum Gasteiger partial charge on any atom is 0.300 e. The number of anilines is 1. The van der Waals surface area contributed by atoms with Crippen LogP contribution in [0.1, 0.15) is 0 Å². The van der Waals surface area contributed by atoms with Gasteiger partial charge in [-0.25, -0.2) is 9.37 Å². The smallest absolute Gasteiger partial charge is 0.300 e. The number of benzene rings is 1. The van der Waals surface area contributed by atoms with Crippen molar-refractivity contribution in [2.75, 3.05) is 31.1 Å². The lowest BCUT2D eigenvalue weighted by atomic mass is 10.2. The van der Waals surface area contributed by atoms with Crippen molar-refractivity contribution in [2.24, 2.45) is 0 Å². The van der Waals surface area contributed by atoms with Gasteiger partial charge in [0.2, 0.25) is 5.65 Å². The van der Waals surface area contributed by atoms with Crippen LogP contribution in [-0.4, -0.2) is 35.6 Å². The van der Waals surface area contributed by atoms with Crippen LogP contribution in [0.4, 0.5) is 10.1 Å². The van der Waals surface area contributed by atoms with Gasteiger partial charge in [0.1, 0.15) is 11.2 Å². The second-order valence-corrected chi connectivity index (χ2v) is 5.11. The molecule has 1 aliphatic heterocycles. The summed E-state index contributed by atoms with van der Waals surface area (Å²) in [6, 6.07) is 1.47. The number of piperazine rings is 1. The molecule has 0 radical (unpaired) electrons. The zero-order valence-corrected chi connectivity index (χ0v) is 10.7. The third-order valence-corrected chi connectivity index (χ3v) is 3.87. The van der Waals surface area contributed by atoms with Crippen LogP contribution in [0.2, 0.25) is 5.02 Å². The van der Waals surface area contributed by atoms with Gasteiger partial charge in [0.25, 0.3) is 0 Å². The van der Waals surface area contributed by atoms with Crippen LogP contribution in [0.5, 0.6) is 0 Å². The molecule has 3 aromatic rings. The fourth-order valence-corrected chi connectivity index (χ4v) is 2.81. The van der Waals surface area contributed by atoms with Crippen molar-refractivity contribution in [1.29, 1.82) is 0 Å². The summed E-state index contributed by atoms with van der Waals surface area (Å²) in [5, 5.41) is 3.24.